The van der Waals surface area contributed by atoms with E-state index in [2.05, 4.69) is 21.2 Å². The number of amides is 1. The molecule has 3 rings (SSSR count). The number of benzene rings is 3. The minimum absolute atomic E-state index is 0.173. The van der Waals surface area contributed by atoms with E-state index in [1.807, 2.05) is 37.3 Å². The van der Waals surface area contributed by atoms with E-state index < -0.39 is 11.3 Å². The molecule has 0 aliphatic heterocycles. The number of hydrogen-bond acceptors (Lipinski definition) is 4. The molecule has 1 unspecified atom stereocenters. The van der Waals surface area contributed by atoms with Crippen molar-refractivity contribution < 1.29 is 19.1 Å². The van der Waals surface area contributed by atoms with Crippen LogP contribution >= 0.6 is 50.7 Å². The Bertz CT molecular complexity index is 1260. The molecule has 0 saturated heterocycles. The lowest BCUT2D eigenvalue weighted by atomic mass is 10.1. The standard InChI is InChI=1S/C26H21BrCl3NO4/c1-3-18-22(35-23(32)12-9-16-7-5-4-6-8-16)14-20(29)25(24(18)30)34-17-10-11-21(19(27)13-17)31-26(33)15(2)28/h4-15H,3H2,1-2H3,(H,31,33). The molecule has 5 nitrogen and oxygen atoms in total. The van der Waals surface area contributed by atoms with Gasteiger partial charge in [0.2, 0.25) is 5.91 Å². The first-order valence-corrected chi connectivity index (χ1v) is 12.6. The third kappa shape index (κ3) is 7.24. The van der Waals surface area contributed by atoms with Crippen LogP contribution in [-0.2, 0) is 16.0 Å². The number of anilines is 1. The number of carbonyl (C=O) groups excluding carboxylic acids is 2. The second kappa shape index (κ2) is 12.5. The van der Waals surface area contributed by atoms with Crippen LogP contribution in [0, 0.1) is 0 Å². The normalized spacial score (nSPS) is 11.8. The first-order chi connectivity index (χ1) is 16.7. The average Bonchev–Trinajstić information content (AvgIpc) is 2.82. The second-order valence-corrected chi connectivity index (χ2v) is 9.64. The minimum Gasteiger partial charge on any atom is -0.454 e. The van der Waals surface area contributed by atoms with Crippen molar-refractivity contribution in [2.75, 3.05) is 5.32 Å². The van der Waals surface area contributed by atoms with Gasteiger partial charge in [0, 0.05) is 22.2 Å². The summed E-state index contributed by atoms with van der Waals surface area (Å²) in [4.78, 5) is 24.2. The molecule has 1 amide bonds. The topological polar surface area (TPSA) is 64.6 Å². The molecule has 182 valence electrons. The van der Waals surface area contributed by atoms with Crippen molar-refractivity contribution in [3.63, 3.8) is 0 Å². The quantitative estimate of drug-likeness (QED) is 0.123. The van der Waals surface area contributed by atoms with Gasteiger partial charge in [-0.3, -0.25) is 4.79 Å². The van der Waals surface area contributed by atoms with Gasteiger partial charge in [-0.1, -0.05) is 60.5 Å². The molecule has 9 heteroatoms. The number of ether oxygens (including phenoxy) is 2. The lowest BCUT2D eigenvalue weighted by Crippen LogP contribution is -2.20. The summed E-state index contributed by atoms with van der Waals surface area (Å²) in [5, 5.41) is 2.44. The van der Waals surface area contributed by atoms with Gasteiger partial charge in [-0.25, -0.2) is 4.79 Å². The summed E-state index contributed by atoms with van der Waals surface area (Å²) >= 11 is 22.3. The molecule has 1 atom stereocenters. The molecule has 0 aromatic heterocycles. The Kier molecular flexibility index (Phi) is 9.63. The molecule has 3 aromatic rings. The zero-order valence-corrected chi connectivity index (χ0v) is 22.6. The van der Waals surface area contributed by atoms with E-state index in [0.29, 0.717) is 27.9 Å². The molecule has 0 spiro atoms. The molecule has 0 aliphatic carbocycles. The summed E-state index contributed by atoms with van der Waals surface area (Å²) in [5.41, 5.74) is 1.98. The summed E-state index contributed by atoms with van der Waals surface area (Å²) in [6.07, 6.45) is 3.47. The monoisotopic (exact) mass is 595 g/mol. The molecule has 0 aliphatic rings. The molecule has 0 fully saturated rings. The zero-order chi connectivity index (χ0) is 25.5. The summed E-state index contributed by atoms with van der Waals surface area (Å²) in [6, 6.07) is 15.9. The van der Waals surface area contributed by atoms with Gasteiger partial charge in [-0.05, 0) is 59.1 Å². The van der Waals surface area contributed by atoms with Crippen LogP contribution in [-0.4, -0.2) is 17.3 Å². The van der Waals surface area contributed by atoms with Crippen LogP contribution in [0.25, 0.3) is 6.08 Å². The van der Waals surface area contributed by atoms with Crippen LogP contribution in [0.4, 0.5) is 5.69 Å². The van der Waals surface area contributed by atoms with Gasteiger partial charge in [-0.15, -0.1) is 11.6 Å². The van der Waals surface area contributed by atoms with Crippen LogP contribution in [0.3, 0.4) is 0 Å². The average molecular weight is 598 g/mol. The highest BCUT2D eigenvalue weighted by Gasteiger charge is 2.20. The van der Waals surface area contributed by atoms with Crippen molar-refractivity contribution >= 4 is 74.4 Å². The Hall–Kier alpha value is -2.51. The molecular formula is C26H21BrCl3NO4. The summed E-state index contributed by atoms with van der Waals surface area (Å²) in [6.45, 7) is 3.46. The first kappa shape index (κ1) is 27.1. The molecule has 0 radical (unpaired) electrons. The largest absolute Gasteiger partial charge is 0.454 e. The zero-order valence-electron chi connectivity index (χ0n) is 18.8. The summed E-state index contributed by atoms with van der Waals surface area (Å²) in [5.74, 6) is 0.0192. The maximum absolute atomic E-state index is 12.4. The Balaban J connectivity index is 1.81. The Labute approximate surface area is 227 Å². The molecule has 0 saturated carbocycles. The highest BCUT2D eigenvalue weighted by atomic mass is 79.9. The van der Waals surface area contributed by atoms with E-state index >= 15 is 0 Å². The second-order valence-electron chi connectivity index (χ2n) is 7.35. The van der Waals surface area contributed by atoms with E-state index in [1.165, 1.54) is 12.1 Å². The van der Waals surface area contributed by atoms with Crippen LogP contribution in [0.15, 0.2) is 65.1 Å². The SMILES string of the molecule is CCc1c(OC(=O)C=Cc2ccccc2)cc(Cl)c(Oc2ccc(NC(=O)C(C)Cl)c(Br)c2)c1Cl. The molecule has 3 aromatic carbocycles. The third-order valence-corrected chi connectivity index (χ3v) is 6.33. The Morgan fingerprint density at radius 2 is 1.83 bits per heavy atom. The number of halogens is 4. The van der Waals surface area contributed by atoms with Crippen LogP contribution in [0.1, 0.15) is 25.0 Å². The minimum atomic E-state index is -0.677. The number of alkyl halides is 1. The third-order valence-electron chi connectivity index (χ3n) is 4.79. The van der Waals surface area contributed by atoms with E-state index in [4.69, 9.17) is 44.3 Å². The van der Waals surface area contributed by atoms with Crippen molar-refractivity contribution in [2.45, 2.75) is 25.6 Å². The number of carbonyl (C=O) groups is 2. The summed E-state index contributed by atoms with van der Waals surface area (Å²) < 4.78 is 12.0. The summed E-state index contributed by atoms with van der Waals surface area (Å²) in [7, 11) is 0. The molecule has 35 heavy (non-hydrogen) atoms. The van der Waals surface area contributed by atoms with Crippen molar-refractivity contribution in [3.05, 3.63) is 86.3 Å². The maximum atomic E-state index is 12.4. The van der Waals surface area contributed by atoms with Crippen molar-refractivity contribution in [1.82, 2.24) is 0 Å². The van der Waals surface area contributed by atoms with E-state index in [-0.39, 0.29) is 27.5 Å². The number of nitrogens with one attached hydrogen (secondary N) is 1. The number of rotatable bonds is 8. The molecule has 0 bridgehead atoms. The smallest absolute Gasteiger partial charge is 0.336 e. The van der Waals surface area contributed by atoms with Crippen molar-refractivity contribution in [3.8, 4) is 17.2 Å². The lowest BCUT2D eigenvalue weighted by molar-refractivity contribution is -0.129. The van der Waals surface area contributed by atoms with Gasteiger partial charge >= 0.3 is 5.97 Å². The molecular weight excluding hydrogens is 577 g/mol. The predicted octanol–water partition coefficient (Wildman–Crippen LogP) is 8.30. The van der Waals surface area contributed by atoms with Gasteiger partial charge in [0.1, 0.15) is 16.9 Å². The number of hydrogen-bond donors (Lipinski definition) is 1. The predicted molar refractivity (Wildman–Crippen MR) is 145 cm³/mol. The van der Waals surface area contributed by atoms with Crippen molar-refractivity contribution in [2.24, 2.45) is 0 Å². The van der Waals surface area contributed by atoms with Gasteiger partial charge in [0.25, 0.3) is 0 Å². The molecule has 1 N–H and O–H groups in total. The fraction of sp³-hybridized carbons (Fsp3) is 0.154. The van der Waals surface area contributed by atoms with Crippen LogP contribution in [0.5, 0.6) is 17.2 Å². The Morgan fingerprint density at radius 1 is 1.11 bits per heavy atom. The highest BCUT2D eigenvalue weighted by molar-refractivity contribution is 9.10. The first-order valence-electron chi connectivity index (χ1n) is 10.6. The van der Waals surface area contributed by atoms with Crippen LogP contribution < -0.4 is 14.8 Å². The Morgan fingerprint density at radius 3 is 2.46 bits per heavy atom. The van der Waals surface area contributed by atoms with Gasteiger partial charge < -0.3 is 14.8 Å². The van der Waals surface area contributed by atoms with Crippen LogP contribution in [0.2, 0.25) is 10.0 Å². The molecule has 0 heterocycles. The maximum Gasteiger partial charge on any atom is 0.336 e. The van der Waals surface area contributed by atoms with E-state index in [0.717, 1.165) is 5.56 Å². The van der Waals surface area contributed by atoms with Gasteiger partial charge in [0.05, 0.1) is 15.7 Å². The number of esters is 1. The van der Waals surface area contributed by atoms with Gasteiger partial charge in [-0.2, -0.15) is 0 Å². The highest BCUT2D eigenvalue weighted by Crippen LogP contribution is 2.44. The fourth-order valence-corrected chi connectivity index (χ4v) is 4.17. The van der Waals surface area contributed by atoms with E-state index in [1.54, 1.807) is 31.2 Å². The fourth-order valence-electron chi connectivity index (χ4n) is 3.01. The lowest BCUT2D eigenvalue weighted by Gasteiger charge is -2.16. The van der Waals surface area contributed by atoms with Crippen molar-refractivity contribution in [1.29, 1.82) is 0 Å². The van der Waals surface area contributed by atoms with E-state index in [9.17, 15) is 9.59 Å². The van der Waals surface area contributed by atoms with Gasteiger partial charge in [0.15, 0.2) is 5.75 Å².